The molecule has 0 radical (unpaired) electrons. The first-order valence-electron chi connectivity index (χ1n) is 10.2. The van der Waals surface area contributed by atoms with Gasteiger partial charge in [-0.1, -0.05) is 47.7 Å². The van der Waals surface area contributed by atoms with Crippen molar-refractivity contribution < 1.29 is 14.3 Å². The average molecular weight is 452 g/mol. The zero-order chi connectivity index (χ0) is 22.8. The molecule has 0 saturated heterocycles. The van der Waals surface area contributed by atoms with E-state index in [2.05, 4.69) is 16.4 Å². The van der Waals surface area contributed by atoms with Gasteiger partial charge in [-0.15, -0.1) is 0 Å². The number of aryl methyl sites for hydroxylation is 1. The summed E-state index contributed by atoms with van der Waals surface area (Å²) in [6, 6.07) is 13.7. The Kier molecular flexibility index (Phi) is 6.23. The summed E-state index contributed by atoms with van der Waals surface area (Å²) in [5, 5.41) is 3.39. The zero-order valence-corrected chi connectivity index (χ0v) is 19.3. The number of methoxy groups -OCH3 is 1. The molecule has 32 heavy (non-hydrogen) atoms. The van der Waals surface area contributed by atoms with Crippen molar-refractivity contribution in [1.82, 2.24) is 9.55 Å². The maximum absolute atomic E-state index is 12.8. The van der Waals surface area contributed by atoms with Crippen LogP contribution in [0.25, 0.3) is 0 Å². The molecule has 1 N–H and O–H groups in total. The summed E-state index contributed by atoms with van der Waals surface area (Å²) in [7, 11) is 3.37. The van der Waals surface area contributed by atoms with E-state index in [0.717, 1.165) is 11.1 Å². The Balaban J connectivity index is 1.68. The summed E-state index contributed by atoms with van der Waals surface area (Å²) in [5.74, 6) is 1.08. The van der Waals surface area contributed by atoms with E-state index in [1.165, 1.54) is 17.3 Å². The average Bonchev–Trinajstić information content (AvgIpc) is 2.79. The zero-order valence-electron chi connectivity index (χ0n) is 18.5. The second kappa shape index (κ2) is 9.08. The molecular formula is C24H25N3O4S. The van der Waals surface area contributed by atoms with Crippen LogP contribution in [-0.2, 0) is 18.4 Å². The molecule has 3 aromatic rings. The van der Waals surface area contributed by atoms with Crippen LogP contribution in [-0.4, -0.2) is 28.8 Å². The second-order valence-corrected chi connectivity index (χ2v) is 8.49. The molecule has 0 spiro atoms. The smallest absolute Gasteiger partial charge is 0.279 e. The van der Waals surface area contributed by atoms with Crippen LogP contribution in [0.2, 0.25) is 0 Å². The van der Waals surface area contributed by atoms with Gasteiger partial charge >= 0.3 is 0 Å². The van der Waals surface area contributed by atoms with E-state index >= 15 is 0 Å². The number of carbonyl (C=O) groups excluding carboxylic acids is 1. The Morgan fingerprint density at radius 3 is 2.72 bits per heavy atom. The van der Waals surface area contributed by atoms with Crippen molar-refractivity contribution in [3.8, 4) is 11.5 Å². The second-order valence-electron chi connectivity index (χ2n) is 7.72. The van der Waals surface area contributed by atoms with Gasteiger partial charge in [-0.2, -0.15) is 4.98 Å². The lowest BCUT2D eigenvalue weighted by Gasteiger charge is -2.27. The molecule has 8 heteroatoms. The number of ether oxygens (including phenoxy) is 2. The largest absolute Gasteiger partial charge is 0.493 e. The standard InChI is InChI=1S/C24H25N3O4S/c1-14-6-5-7-15(10-14)13-31-18-9-8-16(11-19(18)30-3)17-12-20(28)25-22-21(17)23(29)26-24(32-4)27(22)2/h5-11,17H,12-13H2,1-4H3,(H,25,28). The lowest BCUT2D eigenvalue weighted by Crippen LogP contribution is -2.33. The highest BCUT2D eigenvalue weighted by Gasteiger charge is 2.32. The van der Waals surface area contributed by atoms with E-state index < -0.39 is 5.92 Å². The number of carbonyl (C=O) groups is 1. The molecule has 1 unspecified atom stereocenters. The number of hydrogen-bond donors (Lipinski definition) is 1. The minimum atomic E-state index is -0.416. The molecule has 0 saturated carbocycles. The first kappa shape index (κ1) is 22.0. The van der Waals surface area contributed by atoms with E-state index in [9.17, 15) is 9.59 Å². The van der Waals surface area contributed by atoms with Crippen molar-refractivity contribution in [3.63, 3.8) is 0 Å². The quantitative estimate of drug-likeness (QED) is 0.453. The molecule has 0 bridgehead atoms. The fourth-order valence-corrected chi connectivity index (χ4v) is 4.53. The summed E-state index contributed by atoms with van der Waals surface area (Å²) < 4.78 is 13.3. The van der Waals surface area contributed by atoms with E-state index in [0.29, 0.717) is 34.6 Å². The van der Waals surface area contributed by atoms with Gasteiger partial charge in [0.25, 0.3) is 5.56 Å². The van der Waals surface area contributed by atoms with Crippen LogP contribution in [0.5, 0.6) is 11.5 Å². The van der Waals surface area contributed by atoms with Crippen LogP contribution in [0.1, 0.15) is 34.6 Å². The Hall–Kier alpha value is -3.26. The first-order valence-corrected chi connectivity index (χ1v) is 11.4. The van der Waals surface area contributed by atoms with E-state index in [1.54, 1.807) is 18.7 Å². The number of aromatic nitrogens is 2. The molecule has 4 rings (SSSR count). The van der Waals surface area contributed by atoms with Crippen LogP contribution in [0, 0.1) is 6.92 Å². The number of hydrogen-bond acceptors (Lipinski definition) is 6. The molecule has 1 amide bonds. The number of nitrogens with one attached hydrogen (secondary N) is 1. The predicted molar refractivity (Wildman–Crippen MR) is 125 cm³/mol. The highest BCUT2D eigenvalue weighted by Crippen LogP contribution is 2.39. The summed E-state index contributed by atoms with van der Waals surface area (Å²) in [6.07, 6.45) is 2.01. The monoisotopic (exact) mass is 451 g/mol. The minimum absolute atomic E-state index is 0.144. The van der Waals surface area contributed by atoms with Gasteiger partial charge in [0.15, 0.2) is 16.7 Å². The summed E-state index contributed by atoms with van der Waals surface area (Å²) in [4.78, 5) is 29.5. The van der Waals surface area contributed by atoms with Crippen LogP contribution < -0.4 is 20.3 Å². The summed E-state index contributed by atoms with van der Waals surface area (Å²) >= 11 is 1.36. The number of rotatable bonds is 6. The molecule has 7 nitrogen and oxygen atoms in total. The Morgan fingerprint density at radius 2 is 2.00 bits per heavy atom. The number of nitrogens with zero attached hydrogens (tertiary/aromatic N) is 2. The van der Waals surface area contributed by atoms with Crippen molar-refractivity contribution in [3.05, 3.63) is 75.1 Å². The van der Waals surface area contributed by atoms with Gasteiger partial charge in [-0.25, -0.2) is 0 Å². The molecule has 0 fully saturated rings. The minimum Gasteiger partial charge on any atom is -0.493 e. The van der Waals surface area contributed by atoms with Crippen LogP contribution in [0.15, 0.2) is 52.4 Å². The Morgan fingerprint density at radius 1 is 1.19 bits per heavy atom. The molecule has 1 aliphatic heterocycles. The molecular weight excluding hydrogens is 426 g/mol. The molecule has 1 aliphatic rings. The molecule has 1 aromatic heterocycles. The number of fused-ring (bicyclic) bond motifs is 1. The third-order valence-electron chi connectivity index (χ3n) is 5.55. The normalized spacial score (nSPS) is 15.1. The lowest BCUT2D eigenvalue weighted by atomic mass is 9.86. The van der Waals surface area contributed by atoms with Crippen LogP contribution >= 0.6 is 11.8 Å². The van der Waals surface area contributed by atoms with Gasteiger partial charge in [0.1, 0.15) is 12.4 Å². The van der Waals surface area contributed by atoms with Gasteiger partial charge < -0.3 is 19.4 Å². The van der Waals surface area contributed by atoms with Crippen molar-refractivity contribution in [2.45, 2.75) is 31.0 Å². The SMILES string of the molecule is COc1cc(C2CC(=O)Nc3c2c(=O)nc(SC)n3C)ccc1OCc1cccc(C)c1. The number of thioether (sulfide) groups is 1. The van der Waals surface area contributed by atoms with Crippen molar-refractivity contribution in [2.24, 2.45) is 7.05 Å². The fraction of sp³-hybridized carbons (Fsp3) is 0.292. The van der Waals surface area contributed by atoms with Crippen molar-refractivity contribution >= 4 is 23.5 Å². The maximum Gasteiger partial charge on any atom is 0.279 e. The number of benzene rings is 2. The van der Waals surface area contributed by atoms with E-state index in [1.807, 2.05) is 49.6 Å². The highest BCUT2D eigenvalue weighted by atomic mass is 32.2. The number of anilines is 1. The van der Waals surface area contributed by atoms with Crippen molar-refractivity contribution in [1.29, 1.82) is 0 Å². The first-order chi connectivity index (χ1) is 15.4. The topological polar surface area (TPSA) is 82.5 Å². The van der Waals surface area contributed by atoms with Crippen molar-refractivity contribution in [2.75, 3.05) is 18.7 Å². The van der Waals surface area contributed by atoms with Gasteiger partial charge in [-0.05, 0) is 36.4 Å². The van der Waals surface area contributed by atoms with E-state index in [4.69, 9.17) is 9.47 Å². The Labute approximate surface area is 190 Å². The third-order valence-corrected chi connectivity index (χ3v) is 6.28. The molecule has 0 aliphatic carbocycles. The van der Waals surface area contributed by atoms with Crippen LogP contribution in [0.3, 0.4) is 0 Å². The predicted octanol–water partition coefficient (Wildman–Crippen LogP) is 3.87. The van der Waals surface area contributed by atoms with Gasteiger partial charge in [-0.3, -0.25) is 9.59 Å². The molecule has 2 heterocycles. The lowest BCUT2D eigenvalue weighted by molar-refractivity contribution is -0.116. The Bertz CT molecular complexity index is 1240. The number of amides is 1. The third kappa shape index (κ3) is 4.23. The summed E-state index contributed by atoms with van der Waals surface area (Å²) in [6.45, 7) is 2.45. The molecule has 2 aromatic carbocycles. The van der Waals surface area contributed by atoms with Crippen LogP contribution in [0.4, 0.5) is 5.82 Å². The van der Waals surface area contributed by atoms with E-state index in [-0.39, 0.29) is 17.9 Å². The summed E-state index contributed by atoms with van der Waals surface area (Å²) in [5.41, 5.74) is 3.19. The van der Waals surface area contributed by atoms with Gasteiger partial charge in [0.2, 0.25) is 5.91 Å². The van der Waals surface area contributed by atoms with Gasteiger partial charge in [0, 0.05) is 19.4 Å². The maximum atomic E-state index is 12.8. The molecule has 1 atom stereocenters. The fourth-order valence-electron chi connectivity index (χ4n) is 3.99. The molecule has 166 valence electrons. The highest BCUT2D eigenvalue weighted by molar-refractivity contribution is 7.98. The van der Waals surface area contributed by atoms with Gasteiger partial charge in [0.05, 0.1) is 12.7 Å².